The van der Waals surface area contributed by atoms with E-state index in [1.165, 1.54) is 0 Å². The Labute approximate surface area is 119 Å². The monoisotopic (exact) mass is 283 g/mol. The number of aromatic nitrogens is 2. The third kappa shape index (κ3) is 1.52. The van der Waals surface area contributed by atoms with Crippen LogP contribution in [0.15, 0.2) is 53.1 Å². The standard InChI is InChI=1S/C15H10ClN3O/c16-10-5-3-7-19-14(17)13(18-15(10)19)12-8-9-4-1-2-6-11(9)20-12/h1-8H,17H2. The fourth-order valence-corrected chi connectivity index (χ4v) is 2.54. The lowest BCUT2D eigenvalue weighted by Crippen LogP contribution is -1.93. The van der Waals surface area contributed by atoms with E-state index in [-0.39, 0.29) is 0 Å². The Balaban J connectivity index is 2.02. The maximum absolute atomic E-state index is 6.14. The lowest BCUT2D eigenvalue weighted by molar-refractivity contribution is 0.629. The summed E-state index contributed by atoms with van der Waals surface area (Å²) in [6.45, 7) is 0. The minimum Gasteiger partial charge on any atom is -0.454 e. The highest BCUT2D eigenvalue weighted by atomic mass is 35.5. The molecule has 0 fully saturated rings. The van der Waals surface area contributed by atoms with Crippen LogP contribution in [0.2, 0.25) is 5.02 Å². The van der Waals surface area contributed by atoms with Gasteiger partial charge in [-0.3, -0.25) is 4.40 Å². The first-order valence-corrected chi connectivity index (χ1v) is 6.53. The zero-order valence-corrected chi connectivity index (χ0v) is 11.1. The molecule has 0 atom stereocenters. The third-order valence-corrected chi connectivity index (χ3v) is 3.59. The van der Waals surface area contributed by atoms with E-state index in [9.17, 15) is 0 Å². The van der Waals surface area contributed by atoms with Crippen molar-refractivity contribution in [1.82, 2.24) is 9.38 Å². The molecule has 3 heterocycles. The van der Waals surface area contributed by atoms with Crippen molar-refractivity contribution in [2.24, 2.45) is 0 Å². The van der Waals surface area contributed by atoms with Crippen LogP contribution in [0.4, 0.5) is 5.82 Å². The van der Waals surface area contributed by atoms with Gasteiger partial charge in [-0.25, -0.2) is 4.98 Å². The van der Waals surface area contributed by atoms with Crippen LogP contribution in [0.5, 0.6) is 0 Å². The van der Waals surface area contributed by atoms with Gasteiger partial charge in [-0.2, -0.15) is 0 Å². The topological polar surface area (TPSA) is 56.5 Å². The molecule has 0 bridgehead atoms. The predicted molar refractivity (Wildman–Crippen MR) is 79.8 cm³/mol. The first-order valence-electron chi connectivity index (χ1n) is 6.15. The molecule has 98 valence electrons. The molecule has 0 unspecified atom stereocenters. The van der Waals surface area contributed by atoms with Gasteiger partial charge >= 0.3 is 0 Å². The Kier molecular flexibility index (Phi) is 2.28. The van der Waals surface area contributed by atoms with Crippen LogP contribution in [-0.2, 0) is 0 Å². The fourth-order valence-electron chi connectivity index (χ4n) is 2.33. The van der Waals surface area contributed by atoms with Gasteiger partial charge in [-0.1, -0.05) is 29.8 Å². The van der Waals surface area contributed by atoms with E-state index >= 15 is 0 Å². The molecule has 5 heteroatoms. The molecule has 0 saturated heterocycles. The van der Waals surface area contributed by atoms with Crippen molar-refractivity contribution in [2.75, 3.05) is 5.73 Å². The Morgan fingerprint density at radius 2 is 2.00 bits per heavy atom. The number of imidazole rings is 1. The highest BCUT2D eigenvalue weighted by Crippen LogP contribution is 2.32. The average Bonchev–Trinajstić information content (AvgIpc) is 3.01. The summed E-state index contributed by atoms with van der Waals surface area (Å²) in [7, 11) is 0. The van der Waals surface area contributed by atoms with Gasteiger partial charge in [-0.15, -0.1) is 0 Å². The maximum Gasteiger partial charge on any atom is 0.158 e. The summed E-state index contributed by atoms with van der Waals surface area (Å²) in [6.07, 6.45) is 1.83. The number of fused-ring (bicyclic) bond motifs is 2. The molecule has 0 spiro atoms. The summed E-state index contributed by atoms with van der Waals surface area (Å²) < 4.78 is 7.56. The van der Waals surface area contributed by atoms with Crippen LogP contribution in [0.3, 0.4) is 0 Å². The number of nitrogens with two attached hydrogens (primary N) is 1. The summed E-state index contributed by atoms with van der Waals surface area (Å²) in [5, 5.41) is 1.58. The van der Waals surface area contributed by atoms with Gasteiger partial charge in [0.25, 0.3) is 0 Å². The van der Waals surface area contributed by atoms with Crippen LogP contribution < -0.4 is 5.73 Å². The molecule has 4 nitrogen and oxygen atoms in total. The van der Waals surface area contributed by atoms with Gasteiger partial charge in [0.05, 0.1) is 5.02 Å². The average molecular weight is 284 g/mol. The number of para-hydroxylation sites is 1. The second-order valence-corrected chi connectivity index (χ2v) is 4.95. The summed E-state index contributed by atoms with van der Waals surface area (Å²) in [6, 6.07) is 13.3. The molecule has 4 rings (SSSR count). The first-order chi connectivity index (χ1) is 9.74. The van der Waals surface area contributed by atoms with Crippen molar-refractivity contribution in [2.45, 2.75) is 0 Å². The van der Waals surface area contributed by atoms with E-state index in [2.05, 4.69) is 4.98 Å². The molecular weight excluding hydrogens is 274 g/mol. The third-order valence-electron chi connectivity index (χ3n) is 3.30. The Morgan fingerprint density at radius 1 is 1.15 bits per heavy atom. The number of nitrogen functional groups attached to an aromatic ring is 1. The van der Waals surface area contributed by atoms with E-state index in [0.29, 0.717) is 27.9 Å². The van der Waals surface area contributed by atoms with E-state index in [4.69, 9.17) is 21.8 Å². The maximum atomic E-state index is 6.14. The normalized spacial score (nSPS) is 11.4. The van der Waals surface area contributed by atoms with Gasteiger partial charge in [0.2, 0.25) is 0 Å². The van der Waals surface area contributed by atoms with E-state index < -0.39 is 0 Å². The molecule has 0 saturated carbocycles. The SMILES string of the molecule is Nc1c(-c2cc3ccccc3o2)nc2c(Cl)cccn12. The molecule has 0 amide bonds. The minimum atomic E-state index is 0.515. The van der Waals surface area contributed by atoms with Gasteiger partial charge < -0.3 is 10.2 Å². The van der Waals surface area contributed by atoms with Crippen LogP contribution in [0.1, 0.15) is 0 Å². The van der Waals surface area contributed by atoms with E-state index in [0.717, 1.165) is 11.0 Å². The Hall–Kier alpha value is -2.46. The second-order valence-electron chi connectivity index (χ2n) is 4.54. The highest BCUT2D eigenvalue weighted by molar-refractivity contribution is 6.33. The lowest BCUT2D eigenvalue weighted by Gasteiger charge is -1.96. The van der Waals surface area contributed by atoms with Crippen LogP contribution >= 0.6 is 11.6 Å². The number of hydrogen-bond acceptors (Lipinski definition) is 3. The Morgan fingerprint density at radius 3 is 2.80 bits per heavy atom. The number of hydrogen-bond donors (Lipinski definition) is 1. The highest BCUT2D eigenvalue weighted by Gasteiger charge is 2.16. The number of nitrogens with zero attached hydrogens (tertiary/aromatic N) is 2. The summed E-state index contributed by atoms with van der Waals surface area (Å²) in [5.41, 5.74) is 8.19. The van der Waals surface area contributed by atoms with Crippen molar-refractivity contribution < 1.29 is 4.42 Å². The molecule has 20 heavy (non-hydrogen) atoms. The van der Waals surface area contributed by atoms with Crippen molar-refractivity contribution in [3.05, 3.63) is 53.7 Å². The molecule has 0 aliphatic carbocycles. The molecule has 3 aromatic heterocycles. The second kappa shape index (κ2) is 4.02. The predicted octanol–water partition coefficient (Wildman–Crippen LogP) is 3.98. The number of pyridine rings is 1. The number of anilines is 1. The number of furan rings is 1. The molecule has 0 aliphatic heterocycles. The van der Waals surface area contributed by atoms with Gasteiger partial charge in [0.15, 0.2) is 11.4 Å². The van der Waals surface area contributed by atoms with Gasteiger partial charge in [0, 0.05) is 11.6 Å². The quantitative estimate of drug-likeness (QED) is 0.575. The molecule has 2 N–H and O–H groups in total. The van der Waals surface area contributed by atoms with Crippen molar-refractivity contribution in [3.8, 4) is 11.5 Å². The van der Waals surface area contributed by atoms with E-state index in [1.54, 1.807) is 10.5 Å². The van der Waals surface area contributed by atoms with Crippen LogP contribution in [-0.4, -0.2) is 9.38 Å². The van der Waals surface area contributed by atoms with Crippen molar-refractivity contribution in [1.29, 1.82) is 0 Å². The van der Waals surface area contributed by atoms with Crippen molar-refractivity contribution in [3.63, 3.8) is 0 Å². The molecule has 0 aliphatic rings. The largest absolute Gasteiger partial charge is 0.454 e. The van der Waals surface area contributed by atoms with Gasteiger partial charge in [0.1, 0.15) is 17.1 Å². The first kappa shape index (κ1) is 11.4. The zero-order valence-electron chi connectivity index (χ0n) is 10.4. The Bertz CT molecular complexity index is 906. The fraction of sp³-hybridized carbons (Fsp3) is 0. The lowest BCUT2D eigenvalue weighted by atomic mass is 10.2. The van der Waals surface area contributed by atoms with E-state index in [1.807, 2.05) is 42.6 Å². The minimum absolute atomic E-state index is 0.515. The van der Waals surface area contributed by atoms with Crippen LogP contribution in [0, 0.1) is 0 Å². The number of rotatable bonds is 1. The number of benzene rings is 1. The van der Waals surface area contributed by atoms with Gasteiger partial charge in [-0.05, 0) is 24.3 Å². The van der Waals surface area contributed by atoms with Crippen LogP contribution in [0.25, 0.3) is 28.1 Å². The number of halogens is 1. The smallest absolute Gasteiger partial charge is 0.158 e. The van der Waals surface area contributed by atoms with Crippen molar-refractivity contribution >= 4 is 34.0 Å². The molecular formula is C15H10ClN3O. The molecule has 4 aromatic rings. The summed E-state index contributed by atoms with van der Waals surface area (Å²) in [4.78, 5) is 4.49. The summed E-state index contributed by atoms with van der Waals surface area (Å²) >= 11 is 6.14. The zero-order chi connectivity index (χ0) is 13.7. The molecule has 1 aromatic carbocycles. The molecule has 0 radical (unpaired) electrons. The summed E-state index contributed by atoms with van der Waals surface area (Å²) in [5.74, 6) is 1.16.